The molecular weight excluding hydrogens is 336 g/mol. The van der Waals surface area contributed by atoms with Gasteiger partial charge in [-0.25, -0.2) is 4.98 Å². The van der Waals surface area contributed by atoms with Crippen LogP contribution in [0.3, 0.4) is 0 Å². The topological polar surface area (TPSA) is 51.0 Å². The lowest BCUT2D eigenvalue weighted by atomic mass is 9.96. The van der Waals surface area contributed by atoms with Crippen molar-refractivity contribution >= 4 is 5.91 Å². The molecule has 0 spiro atoms. The second-order valence-corrected chi connectivity index (χ2v) is 7.74. The number of amides is 1. The van der Waals surface area contributed by atoms with Gasteiger partial charge in [0.1, 0.15) is 5.82 Å². The highest BCUT2D eigenvalue weighted by Crippen LogP contribution is 2.33. The molecule has 0 saturated carbocycles. The molecule has 2 aromatic heterocycles. The molecule has 1 unspecified atom stereocenters. The number of hydrogen-bond donors (Lipinski definition) is 0. The third-order valence-electron chi connectivity index (χ3n) is 5.78. The van der Waals surface area contributed by atoms with Crippen molar-refractivity contribution in [3.8, 4) is 0 Å². The first-order valence-corrected chi connectivity index (χ1v) is 10.1. The molecule has 0 radical (unpaired) electrons. The number of carbonyl (C=O) groups is 1. The first kappa shape index (κ1) is 18.0. The molecule has 1 atom stereocenters. The molecule has 142 valence electrons. The Morgan fingerprint density at radius 3 is 2.96 bits per heavy atom. The smallest absolute Gasteiger partial charge is 0.227 e. The first-order chi connectivity index (χ1) is 13.2. The maximum Gasteiger partial charge on any atom is 0.227 e. The summed E-state index contributed by atoms with van der Waals surface area (Å²) in [6, 6.07) is 4.14. The second-order valence-electron chi connectivity index (χ2n) is 7.74. The average molecular weight is 364 g/mol. The quantitative estimate of drug-likeness (QED) is 0.748. The SMILES string of the molecule is Cc1cnc(C2CCCN2C(=O)CC2=CCCCC2)n1Cc1cccnc1. The molecular formula is C22H28N4O. The summed E-state index contributed by atoms with van der Waals surface area (Å²) < 4.78 is 2.24. The van der Waals surface area contributed by atoms with Crippen molar-refractivity contribution in [2.24, 2.45) is 0 Å². The number of rotatable bonds is 5. The van der Waals surface area contributed by atoms with Crippen LogP contribution in [0.2, 0.25) is 0 Å². The zero-order valence-electron chi connectivity index (χ0n) is 16.1. The van der Waals surface area contributed by atoms with Gasteiger partial charge in [0, 0.05) is 37.3 Å². The van der Waals surface area contributed by atoms with Crippen molar-refractivity contribution < 1.29 is 4.79 Å². The molecule has 5 heteroatoms. The Bertz CT molecular complexity index is 824. The van der Waals surface area contributed by atoms with Crippen molar-refractivity contribution in [1.82, 2.24) is 19.4 Å². The van der Waals surface area contributed by atoms with Gasteiger partial charge in [-0.05, 0) is 57.1 Å². The van der Waals surface area contributed by atoms with Crippen LogP contribution < -0.4 is 0 Å². The molecule has 3 heterocycles. The lowest BCUT2D eigenvalue weighted by Crippen LogP contribution is -2.32. The van der Waals surface area contributed by atoms with Gasteiger partial charge in [0.2, 0.25) is 5.91 Å². The number of nitrogens with zero attached hydrogens (tertiary/aromatic N) is 4. The van der Waals surface area contributed by atoms with E-state index >= 15 is 0 Å². The summed E-state index contributed by atoms with van der Waals surface area (Å²) in [6.45, 7) is 3.68. The maximum atomic E-state index is 13.0. The lowest BCUT2D eigenvalue weighted by Gasteiger charge is -2.26. The van der Waals surface area contributed by atoms with E-state index in [1.807, 2.05) is 18.5 Å². The zero-order valence-corrected chi connectivity index (χ0v) is 16.1. The number of carbonyl (C=O) groups excluding carboxylic acids is 1. The van der Waals surface area contributed by atoms with Gasteiger partial charge in [-0.15, -0.1) is 0 Å². The number of pyridine rings is 1. The number of aromatic nitrogens is 3. The van der Waals surface area contributed by atoms with E-state index in [1.54, 1.807) is 6.20 Å². The van der Waals surface area contributed by atoms with Gasteiger partial charge in [-0.2, -0.15) is 0 Å². The Morgan fingerprint density at radius 2 is 2.19 bits per heavy atom. The molecule has 1 aliphatic heterocycles. The molecule has 0 aromatic carbocycles. The Hall–Kier alpha value is -2.43. The number of aryl methyl sites for hydroxylation is 1. The van der Waals surface area contributed by atoms with Gasteiger partial charge in [0.15, 0.2) is 0 Å². The van der Waals surface area contributed by atoms with Gasteiger partial charge in [0.25, 0.3) is 0 Å². The summed E-state index contributed by atoms with van der Waals surface area (Å²) in [7, 11) is 0. The van der Waals surface area contributed by atoms with E-state index in [0.29, 0.717) is 6.42 Å². The van der Waals surface area contributed by atoms with Crippen molar-refractivity contribution in [3.05, 3.63) is 59.5 Å². The van der Waals surface area contributed by atoms with Crippen LogP contribution in [-0.2, 0) is 11.3 Å². The van der Waals surface area contributed by atoms with Gasteiger partial charge in [-0.1, -0.05) is 17.7 Å². The molecule has 1 fully saturated rings. The summed E-state index contributed by atoms with van der Waals surface area (Å²) in [6.07, 6.45) is 15.2. The predicted molar refractivity (Wildman–Crippen MR) is 105 cm³/mol. The number of likely N-dealkylation sites (tertiary alicyclic amines) is 1. The normalized spacial score (nSPS) is 20.0. The lowest BCUT2D eigenvalue weighted by molar-refractivity contribution is -0.131. The number of imidazole rings is 1. The van der Waals surface area contributed by atoms with E-state index in [9.17, 15) is 4.79 Å². The molecule has 1 saturated heterocycles. The first-order valence-electron chi connectivity index (χ1n) is 10.1. The standard InChI is InChI=1S/C22H28N4O/c1-17-14-24-22(26(17)16-19-9-5-11-23-15-19)20-10-6-12-25(20)21(27)13-18-7-3-2-4-8-18/h5,7,9,11,14-15,20H,2-4,6,8,10,12-13,16H2,1H3. The molecule has 2 aliphatic rings. The monoisotopic (exact) mass is 364 g/mol. The third kappa shape index (κ3) is 3.97. The van der Waals surface area contributed by atoms with Crippen molar-refractivity contribution in [2.75, 3.05) is 6.54 Å². The van der Waals surface area contributed by atoms with E-state index in [4.69, 9.17) is 4.98 Å². The van der Waals surface area contributed by atoms with Crippen LogP contribution >= 0.6 is 0 Å². The van der Waals surface area contributed by atoms with Crippen LogP contribution in [0.1, 0.15) is 68.1 Å². The van der Waals surface area contributed by atoms with Crippen molar-refractivity contribution in [1.29, 1.82) is 0 Å². The molecule has 4 rings (SSSR count). The fourth-order valence-electron chi connectivity index (χ4n) is 4.32. The highest BCUT2D eigenvalue weighted by atomic mass is 16.2. The fraction of sp³-hybridized carbons (Fsp3) is 0.500. The van der Waals surface area contributed by atoms with Crippen LogP contribution in [0, 0.1) is 6.92 Å². The zero-order chi connectivity index (χ0) is 18.6. The minimum atomic E-state index is 0.0899. The highest BCUT2D eigenvalue weighted by Gasteiger charge is 2.33. The van der Waals surface area contributed by atoms with Gasteiger partial charge in [0.05, 0.1) is 12.6 Å². The minimum absolute atomic E-state index is 0.0899. The maximum absolute atomic E-state index is 13.0. The molecule has 0 bridgehead atoms. The van der Waals surface area contributed by atoms with Crippen LogP contribution in [-0.4, -0.2) is 31.9 Å². The summed E-state index contributed by atoms with van der Waals surface area (Å²) in [5, 5.41) is 0. The number of hydrogen-bond acceptors (Lipinski definition) is 3. The minimum Gasteiger partial charge on any atom is -0.332 e. The van der Waals surface area contributed by atoms with E-state index in [1.165, 1.54) is 18.4 Å². The fourth-order valence-corrected chi connectivity index (χ4v) is 4.32. The third-order valence-corrected chi connectivity index (χ3v) is 5.78. The number of allylic oxidation sites excluding steroid dienone is 1. The summed E-state index contributed by atoms with van der Waals surface area (Å²) >= 11 is 0. The van der Waals surface area contributed by atoms with Gasteiger partial charge in [-0.3, -0.25) is 9.78 Å². The Kier molecular flexibility index (Phi) is 5.37. The van der Waals surface area contributed by atoms with Crippen LogP contribution in [0.4, 0.5) is 0 Å². The Morgan fingerprint density at radius 1 is 1.26 bits per heavy atom. The summed E-state index contributed by atoms with van der Waals surface area (Å²) in [4.78, 5) is 24.0. The molecule has 1 amide bonds. The van der Waals surface area contributed by atoms with Crippen LogP contribution in [0.15, 0.2) is 42.4 Å². The summed E-state index contributed by atoms with van der Waals surface area (Å²) in [5.41, 5.74) is 3.61. The van der Waals surface area contributed by atoms with Gasteiger partial charge >= 0.3 is 0 Å². The van der Waals surface area contributed by atoms with Crippen molar-refractivity contribution in [3.63, 3.8) is 0 Å². The largest absolute Gasteiger partial charge is 0.332 e. The Balaban J connectivity index is 1.53. The van der Waals surface area contributed by atoms with Gasteiger partial charge < -0.3 is 9.47 Å². The second kappa shape index (κ2) is 8.07. The average Bonchev–Trinajstić information content (AvgIpc) is 3.31. The molecule has 5 nitrogen and oxygen atoms in total. The van der Waals surface area contributed by atoms with Crippen molar-refractivity contribution in [2.45, 2.75) is 64.5 Å². The molecule has 27 heavy (non-hydrogen) atoms. The van der Waals surface area contributed by atoms with E-state index in [-0.39, 0.29) is 11.9 Å². The molecule has 1 aliphatic carbocycles. The van der Waals surface area contributed by atoms with E-state index in [0.717, 1.165) is 55.9 Å². The summed E-state index contributed by atoms with van der Waals surface area (Å²) in [5.74, 6) is 1.28. The predicted octanol–water partition coefficient (Wildman–Crippen LogP) is 4.19. The van der Waals surface area contributed by atoms with E-state index < -0.39 is 0 Å². The molecule has 0 N–H and O–H groups in total. The van der Waals surface area contributed by atoms with Crippen LogP contribution in [0.5, 0.6) is 0 Å². The Labute approximate surface area is 161 Å². The van der Waals surface area contributed by atoms with E-state index in [2.05, 4.69) is 33.5 Å². The van der Waals surface area contributed by atoms with Crippen LogP contribution in [0.25, 0.3) is 0 Å². The highest BCUT2D eigenvalue weighted by molar-refractivity contribution is 5.79. The molecule has 2 aromatic rings.